The van der Waals surface area contributed by atoms with E-state index in [0.29, 0.717) is 6.04 Å². The average molecular weight is 200 g/mol. The molecule has 0 aromatic heterocycles. The third-order valence-electron chi connectivity index (χ3n) is 3.13. The maximum atomic E-state index is 3.26. The lowest BCUT2D eigenvalue weighted by Gasteiger charge is -2.32. The molecular formula is C12H28N2. The summed E-state index contributed by atoms with van der Waals surface area (Å²) in [5.41, 5.74) is 0. The number of unbranched alkanes of at least 4 members (excludes halogenated alkanes) is 1. The van der Waals surface area contributed by atoms with E-state index in [0.717, 1.165) is 12.5 Å². The van der Waals surface area contributed by atoms with Gasteiger partial charge in [-0.2, -0.15) is 0 Å². The zero-order valence-corrected chi connectivity index (χ0v) is 10.6. The van der Waals surface area contributed by atoms with E-state index < -0.39 is 0 Å². The molecule has 0 aliphatic rings. The lowest BCUT2D eigenvalue weighted by Crippen LogP contribution is -2.41. The van der Waals surface area contributed by atoms with Crippen molar-refractivity contribution in [1.29, 1.82) is 0 Å². The van der Waals surface area contributed by atoms with Crippen molar-refractivity contribution < 1.29 is 0 Å². The fourth-order valence-corrected chi connectivity index (χ4v) is 1.86. The van der Waals surface area contributed by atoms with Crippen molar-refractivity contribution >= 4 is 0 Å². The Balaban J connectivity index is 3.94. The Kier molecular flexibility index (Phi) is 8.20. The Morgan fingerprint density at radius 2 is 1.86 bits per heavy atom. The Hall–Kier alpha value is -0.0800. The minimum absolute atomic E-state index is 0.694. The number of nitrogens with one attached hydrogen (secondary N) is 1. The van der Waals surface area contributed by atoms with Crippen molar-refractivity contribution in [2.45, 2.75) is 46.6 Å². The molecule has 0 aliphatic heterocycles. The maximum absolute atomic E-state index is 3.26. The normalized spacial score (nSPS) is 15.9. The van der Waals surface area contributed by atoms with E-state index in [9.17, 15) is 0 Å². The zero-order chi connectivity index (χ0) is 11.0. The molecule has 0 heterocycles. The highest BCUT2D eigenvalue weighted by atomic mass is 15.1. The summed E-state index contributed by atoms with van der Waals surface area (Å²) in [6, 6.07) is 0.694. The Bertz CT molecular complexity index is 125. The molecule has 1 N–H and O–H groups in total. The van der Waals surface area contributed by atoms with Gasteiger partial charge in [0.1, 0.15) is 0 Å². The van der Waals surface area contributed by atoms with Crippen LogP contribution in [0.2, 0.25) is 0 Å². The first kappa shape index (κ1) is 13.9. The van der Waals surface area contributed by atoms with E-state index in [1.165, 1.54) is 25.9 Å². The number of hydrogen-bond acceptors (Lipinski definition) is 2. The fraction of sp³-hybridized carbons (Fsp3) is 1.00. The highest BCUT2D eigenvalue weighted by Crippen LogP contribution is 2.10. The molecule has 0 aromatic rings. The second-order valence-electron chi connectivity index (χ2n) is 4.26. The number of hydrogen-bond donors (Lipinski definition) is 1. The third-order valence-corrected chi connectivity index (χ3v) is 3.13. The molecular weight excluding hydrogens is 172 g/mol. The molecule has 2 atom stereocenters. The molecule has 0 amide bonds. The fourth-order valence-electron chi connectivity index (χ4n) is 1.86. The predicted octanol–water partition coefficient (Wildman–Crippen LogP) is 2.35. The molecule has 0 aliphatic carbocycles. The smallest absolute Gasteiger partial charge is 0.0104 e. The molecule has 14 heavy (non-hydrogen) atoms. The van der Waals surface area contributed by atoms with Crippen LogP contribution in [0, 0.1) is 5.92 Å². The van der Waals surface area contributed by atoms with Gasteiger partial charge in [-0.05, 0) is 45.9 Å². The lowest BCUT2D eigenvalue weighted by molar-refractivity contribution is 0.166. The molecule has 0 rings (SSSR count). The van der Waals surface area contributed by atoms with Gasteiger partial charge in [-0.15, -0.1) is 0 Å². The number of nitrogens with zero attached hydrogens (tertiary/aromatic N) is 1. The van der Waals surface area contributed by atoms with E-state index in [1.807, 2.05) is 7.05 Å². The van der Waals surface area contributed by atoms with Gasteiger partial charge in [-0.1, -0.05) is 27.2 Å². The van der Waals surface area contributed by atoms with Gasteiger partial charge in [-0.25, -0.2) is 0 Å². The van der Waals surface area contributed by atoms with Gasteiger partial charge in [0.15, 0.2) is 0 Å². The molecule has 2 nitrogen and oxygen atoms in total. The highest BCUT2D eigenvalue weighted by molar-refractivity contribution is 4.73. The minimum atomic E-state index is 0.694. The van der Waals surface area contributed by atoms with Crippen molar-refractivity contribution in [2.75, 3.05) is 26.7 Å². The van der Waals surface area contributed by atoms with Gasteiger partial charge in [0, 0.05) is 6.04 Å². The van der Waals surface area contributed by atoms with Crippen molar-refractivity contribution in [2.24, 2.45) is 5.92 Å². The van der Waals surface area contributed by atoms with Gasteiger partial charge in [0.2, 0.25) is 0 Å². The van der Waals surface area contributed by atoms with E-state index in [4.69, 9.17) is 0 Å². The molecule has 0 aromatic carbocycles. The summed E-state index contributed by atoms with van der Waals surface area (Å²) in [5.74, 6) is 0.733. The van der Waals surface area contributed by atoms with E-state index in [2.05, 4.69) is 37.9 Å². The number of rotatable bonds is 8. The Morgan fingerprint density at radius 1 is 1.21 bits per heavy atom. The Labute approximate surface area is 90.1 Å². The predicted molar refractivity (Wildman–Crippen MR) is 64.7 cm³/mol. The van der Waals surface area contributed by atoms with E-state index >= 15 is 0 Å². The van der Waals surface area contributed by atoms with Gasteiger partial charge < -0.3 is 10.2 Å². The quantitative estimate of drug-likeness (QED) is 0.647. The van der Waals surface area contributed by atoms with E-state index in [1.54, 1.807) is 0 Å². The van der Waals surface area contributed by atoms with Crippen LogP contribution >= 0.6 is 0 Å². The lowest BCUT2D eigenvalue weighted by atomic mass is 10.0. The average Bonchev–Trinajstić information content (AvgIpc) is 2.19. The third kappa shape index (κ3) is 4.97. The van der Waals surface area contributed by atoms with Crippen LogP contribution in [0.4, 0.5) is 0 Å². The summed E-state index contributed by atoms with van der Waals surface area (Å²) < 4.78 is 0. The molecule has 0 bridgehead atoms. The summed E-state index contributed by atoms with van der Waals surface area (Å²) in [6.07, 6.45) is 2.62. The molecule has 0 fully saturated rings. The van der Waals surface area contributed by atoms with Crippen LogP contribution in [0.3, 0.4) is 0 Å². The summed E-state index contributed by atoms with van der Waals surface area (Å²) in [6.45, 7) is 12.7. The van der Waals surface area contributed by atoms with Crippen LogP contribution in [0.25, 0.3) is 0 Å². The summed E-state index contributed by atoms with van der Waals surface area (Å²) in [5, 5.41) is 3.26. The van der Waals surface area contributed by atoms with Gasteiger partial charge in [0.25, 0.3) is 0 Å². The first-order valence-corrected chi connectivity index (χ1v) is 6.05. The topological polar surface area (TPSA) is 15.3 Å². The summed E-state index contributed by atoms with van der Waals surface area (Å²) >= 11 is 0. The van der Waals surface area contributed by atoms with Crippen LogP contribution in [0.1, 0.15) is 40.5 Å². The van der Waals surface area contributed by atoms with Crippen molar-refractivity contribution in [1.82, 2.24) is 10.2 Å². The Morgan fingerprint density at radius 3 is 2.29 bits per heavy atom. The van der Waals surface area contributed by atoms with Gasteiger partial charge in [0.05, 0.1) is 0 Å². The largest absolute Gasteiger partial charge is 0.319 e. The molecule has 0 radical (unpaired) electrons. The second kappa shape index (κ2) is 8.25. The second-order valence-corrected chi connectivity index (χ2v) is 4.26. The van der Waals surface area contributed by atoms with Crippen molar-refractivity contribution in [3.63, 3.8) is 0 Å². The van der Waals surface area contributed by atoms with Crippen LogP contribution in [-0.4, -0.2) is 37.6 Å². The molecule has 0 saturated heterocycles. The monoisotopic (exact) mass is 200 g/mol. The molecule has 2 heteroatoms. The molecule has 0 spiro atoms. The SMILES string of the molecule is CCCCN(CC)C(C)C(C)CNC. The van der Waals surface area contributed by atoms with Crippen LogP contribution < -0.4 is 5.32 Å². The van der Waals surface area contributed by atoms with Crippen molar-refractivity contribution in [3.8, 4) is 0 Å². The summed E-state index contributed by atoms with van der Waals surface area (Å²) in [7, 11) is 2.03. The van der Waals surface area contributed by atoms with Crippen molar-refractivity contribution in [3.05, 3.63) is 0 Å². The van der Waals surface area contributed by atoms with Gasteiger partial charge in [-0.3, -0.25) is 0 Å². The first-order valence-electron chi connectivity index (χ1n) is 6.05. The first-order chi connectivity index (χ1) is 6.67. The van der Waals surface area contributed by atoms with Crippen LogP contribution in [0.5, 0.6) is 0 Å². The molecule has 86 valence electrons. The maximum Gasteiger partial charge on any atom is 0.0104 e. The van der Waals surface area contributed by atoms with Crippen LogP contribution in [-0.2, 0) is 0 Å². The molecule has 0 saturated carbocycles. The van der Waals surface area contributed by atoms with E-state index in [-0.39, 0.29) is 0 Å². The zero-order valence-electron chi connectivity index (χ0n) is 10.6. The standard InChI is InChI=1S/C12H28N2/c1-6-8-9-14(7-2)12(4)11(3)10-13-5/h11-13H,6-10H2,1-5H3. The molecule has 2 unspecified atom stereocenters. The highest BCUT2D eigenvalue weighted by Gasteiger charge is 2.17. The van der Waals surface area contributed by atoms with Crippen LogP contribution in [0.15, 0.2) is 0 Å². The minimum Gasteiger partial charge on any atom is -0.319 e. The van der Waals surface area contributed by atoms with Gasteiger partial charge >= 0.3 is 0 Å². The summed E-state index contributed by atoms with van der Waals surface area (Å²) in [4.78, 5) is 2.59.